The second-order valence-corrected chi connectivity index (χ2v) is 5.86. The Morgan fingerprint density at radius 1 is 1.05 bits per heavy atom. The summed E-state index contributed by atoms with van der Waals surface area (Å²) in [6.45, 7) is 6.40. The Kier molecular flexibility index (Phi) is 5.00. The van der Waals surface area contributed by atoms with Crippen LogP contribution in [0.25, 0.3) is 5.82 Å². The fourth-order valence-electron chi connectivity index (χ4n) is 2.79. The van der Waals surface area contributed by atoms with Crippen molar-refractivity contribution >= 4 is 5.82 Å². The van der Waals surface area contributed by atoms with Crippen molar-refractivity contribution < 1.29 is 0 Å². The predicted molar refractivity (Wildman–Crippen MR) is 87.3 cm³/mol. The molecule has 6 nitrogen and oxygen atoms in total. The van der Waals surface area contributed by atoms with Gasteiger partial charge >= 0.3 is 0 Å². The van der Waals surface area contributed by atoms with Crippen molar-refractivity contribution in [2.45, 2.75) is 32.6 Å². The third-order valence-electron chi connectivity index (χ3n) is 4.04. The molecule has 0 aromatic carbocycles. The lowest BCUT2D eigenvalue weighted by Crippen LogP contribution is -2.30. The van der Waals surface area contributed by atoms with Gasteiger partial charge in [-0.15, -0.1) is 10.2 Å². The first kappa shape index (κ1) is 15.0. The van der Waals surface area contributed by atoms with Gasteiger partial charge in [-0.3, -0.25) is 0 Å². The smallest absolute Gasteiger partial charge is 0.175 e. The third-order valence-corrected chi connectivity index (χ3v) is 4.04. The minimum atomic E-state index is 0.742. The summed E-state index contributed by atoms with van der Waals surface area (Å²) in [6.07, 6.45) is 7.31. The van der Waals surface area contributed by atoms with Crippen molar-refractivity contribution in [2.24, 2.45) is 0 Å². The summed E-state index contributed by atoms with van der Waals surface area (Å²) in [5.41, 5.74) is 0.974. The van der Waals surface area contributed by atoms with Gasteiger partial charge in [0.15, 0.2) is 5.82 Å². The zero-order valence-electron chi connectivity index (χ0n) is 13.2. The van der Waals surface area contributed by atoms with Crippen molar-refractivity contribution in [3.8, 4) is 5.82 Å². The third kappa shape index (κ3) is 4.04. The van der Waals surface area contributed by atoms with Gasteiger partial charge in [-0.05, 0) is 51.1 Å². The van der Waals surface area contributed by atoms with E-state index in [0.29, 0.717) is 0 Å². The fourth-order valence-corrected chi connectivity index (χ4v) is 2.79. The van der Waals surface area contributed by atoms with Crippen LogP contribution < -0.4 is 5.32 Å². The molecule has 2 aromatic heterocycles. The number of anilines is 1. The number of rotatable bonds is 5. The number of hydrogen-bond acceptors (Lipinski definition) is 5. The molecular weight excluding hydrogens is 276 g/mol. The number of nitrogens with one attached hydrogen (secondary N) is 1. The van der Waals surface area contributed by atoms with E-state index in [2.05, 4.69) is 25.5 Å². The average molecular weight is 300 g/mol. The SMILES string of the molecule is Cc1ccn(-c2ccc(NCCN3CCCCCC3)nn2)n1. The summed E-state index contributed by atoms with van der Waals surface area (Å²) < 4.78 is 1.74. The lowest BCUT2D eigenvalue weighted by molar-refractivity contribution is 0.296. The molecule has 1 N–H and O–H groups in total. The van der Waals surface area contributed by atoms with E-state index in [1.54, 1.807) is 4.68 Å². The molecule has 0 saturated carbocycles. The van der Waals surface area contributed by atoms with Gasteiger partial charge in [0.25, 0.3) is 0 Å². The van der Waals surface area contributed by atoms with Crippen molar-refractivity contribution in [3.63, 3.8) is 0 Å². The van der Waals surface area contributed by atoms with Crippen LogP contribution in [0.1, 0.15) is 31.4 Å². The summed E-state index contributed by atoms with van der Waals surface area (Å²) in [7, 11) is 0. The minimum Gasteiger partial charge on any atom is -0.367 e. The Bertz CT molecular complexity index is 569. The number of likely N-dealkylation sites (tertiary alicyclic amines) is 1. The van der Waals surface area contributed by atoms with Crippen LogP contribution in [0.3, 0.4) is 0 Å². The minimum absolute atomic E-state index is 0.742. The van der Waals surface area contributed by atoms with E-state index in [-0.39, 0.29) is 0 Å². The molecule has 1 aliphatic rings. The number of nitrogens with zero attached hydrogens (tertiary/aromatic N) is 5. The molecule has 1 aliphatic heterocycles. The molecule has 0 unspecified atom stereocenters. The van der Waals surface area contributed by atoms with Crippen LogP contribution >= 0.6 is 0 Å². The quantitative estimate of drug-likeness (QED) is 0.918. The predicted octanol–water partition coefficient (Wildman–Crippen LogP) is 2.26. The van der Waals surface area contributed by atoms with Gasteiger partial charge in [0.1, 0.15) is 5.82 Å². The molecule has 22 heavy (non-hydrogen) atoms. The number of aromatic nitrogens is 4. The highest BCUT2D eigenvalue weighted by molar-refractivity contribution is 5.36. The van der Waals surface area contributed by atoms with Gasteiger partial charge in [0, 0.05) is 19.3 Å². The standard InChI is InChI=1S/C16H24N6/c1-14-8-12-22(20-14)16-7-6-15(18-19-16)17-9-13-21-10-4-2-3-5-11-21/h6-8,12H,2-5,9-11,13H2,1H3,(H,17,18). The molecular formula is C16H24N6. The van der Waals surface area contributed by atoms with Crippen LogP contribution in [0, 0.1) is 6.92 Å². The van der Waals surface area contributed by atoms with Crippen LogP contribution in [-0.4, -0.2) is 51.1 Å². The monoisotopic (exact) mass is 300 g/mol. The lowest BCUT2D eigenvalue weighted by atomic mass is 10.2. The van der Waals surface area contributed by atoms with E-state index < -0.39 is 0 Å². The molecule has 1 saturated heterocycles. The zero-order chi connectivity index (χ0) is 15.2. The lowest BCUT2D eigenvalue weighted by Gasteiger charge is -2.19. The maximum atomic E-state index is 4.33. The van der Waals surface area contributed by atoms with E-state index in [9.17, 15) is 0 Å². The largest absolute Gasteiger partial charge is 0.367 e. The van der Waals surface area contributed by atoms with Crippen molar-refractivity contribution in [3.05, 3.63) is 30.1 Å². The fraction of sp³-hybridized carbons (Fsp3) is 0.562. The van der Waals surface area contributed by atoms with Crippen LogP contribution in [0.5, 0.6) is 0 Å². The Hall–Kier alpha value is -1.95. The molecule has 3 heterocycles. The van der Waals surface area contributed by atoms with Crippen molar-refractivity contribution in [2.75, 3.05) is 31.5 Å². The first-order valence-electron chi connectivity index (χ1n) is 8.14. The van der Waals surface area contributed by atoms with Crippen molar-refractivity contribution in [1.29, 1.82) is 0 Å². The molecule has 0 amide bonds. The van der Waals surface area contributed by atoms with Gasteiger partial charge in [0.05, 0.1) is 5.69 Å². The van der Waals surface area contributed by atoms with Gasteiger partial charge in [-0.2, -0.15) is 5.10 Å². The van der Waals surface area contributed by atoms with Gasteiger partial charge in [-0.1, -0.05) is 12.8 Å². The normalized spacial score (nSPS) is 16.4. The van der Waals surface area contributed by atoms with E-state index in [0.717, 1.165) is 30.4 Å². The average Bonchev–Trinajstić information content (AvgIpc) is 2.81. The maximum Gasteiger partial charge on any atom is 0.175 e. The molecule has 118 valence electrons. The zero-order valence-corrected chi connectivity index (χ0v) is 13.2. The van der Waals surface area contributed by atoms with E-state index in [1.807, 2.05) is 31.3 Å². The summed E-state index contributed by atoms with van der Waals surface area (Å²) in [6, 6.07) is 5.85. The Morgan fingerprint density at radius 2 is 1.86 bits per heavy atom. The highest BCUT2D eigenvalue weighted by Crippen LogP contribution is 2.10. The van der Waals surface area contributed by atoms with Crippen LogP contribution in [-0.2, 0) is 0 Å². The molecule has 0 atom stereocenters. The van der Waals surface area contributed by atoms with Gasteiger partial charge in [-0.25, -0.2) is 4.68 Å². The molecule has 3 rings (SSSR count). The van der Waals surface area contributed by atoms with Gasteiger partial charge < -0.3 is 10.2 Å². The van der Waals surface area contributed by atoms with E-state index in [1.165, 1.54) is 38.8 Å². The molecule has 0 spiro atoms. The summed E-state index contributed by atoms with van der Waals surface area (Å²) >= 11 is 0. The highest BCUT2D eigenvalue weighted by Gasteiger charge is 2.08. The molecule has 0 radical (unpaired) electrons. The second-order valence-electron chi connectivity index (χ2n) is 5.86. The highest BCUT2D eigenvalue weighted by atomic mass is 15.3. The molecule has 0 aliphatic carbocycles. The number of hydrogen-bond donors (Lipinski definition) is 1. The van der Waals surface area contributed by atoms with Crippen molar-refractivity contribution in [1.82, 2.24) is 24.9 Å². The maximum absolute atomic E-state index is 4.33. The van der Waals surface area contributed by atoms with Crippen LogP contribution in [0.15, 0.2) is 24.4 Å². The summed E-state index contributed by atoms with van der Waals surface area (Å²) in [4.78, 5) is 2.54. The van der Waals surface area contributed by atoms with Gasteiger partial charge in [0.2, 0.25) is 0 Å². The topological polar surface area (TPSA) is 58.9 Å². The number of aryl methyl sites for hydroxylation is 1. The van der Waals surface area contributed by atoms with E-state index >= 15 is 0 Å². The van der Waals surface area contributed by atoms with Crippen LogP contribution in [0.4, 0.5) is 5.82 Å². The molecule has 0 bridgehead atoms. The first-order chi connectivity index (χ1) is 10.8. The molecule has 2 aromatic rings. The van der Waals surface area contributed by atoms with E-state index in [4.69, 9.17) is 0 Å². The van der Waals surface area contributed by atoms with Crippen LogP contribution in [0.2, 0.25) is 0 Å². The Labute approximate surface area is 131 Å². The molecule has 6 heteroatoms. The summed E-state index contributed by atoms with van der Waals surface area (Å²) in [5, 5.41) is 16.1. The Morgan fingerprint density at radius 3 is 2.50 bits per heavy atom. The summed E-state index contributed by atoms with van der Waals surface area (Å²) in [5.74, 6) is 1.56. The first-order valence-corrected chi connectivity index (χ1v) is 8.14. The Balaban J connectivity index is 1.48. The second kappa shape index (κ2) is 7.35. The molecule has 1 fully saturated rings.